The lowest BCUT2D eigenvalue weighted by atomic mass is 9.85. The highest BCUT2D eigenvalue weighted by Crippen LogP contribution is 2.34. The highest BCUT2D eigenvalue weighted by atomic mass is 16.5. The smallest absolute Gasteiger partial charge is 0.224 e. The number of aromatic nitrogens is 2. The van der Waals surface area contributed by atoms with Gasteiger partial charge in [0.1, 0.15) is 5.75 Å². The Balaban J connectivity index is 2.41. The lowest BCUT2D eigenvalue weighted by Gasteiger charge is -2.23. The number of anilines is 1. The second-order valence-electron chi connectivity index (χ2n) is 5.79. The second kappa shape index (κ2) is 5.49. The Hall–Kier alpha value is -2.10. The largest absolute Gasteiger partial charge is 0.439 e. The van der Waals surface area contributed by atoms with E-state index in [-0.39, 0.29) is 11.4 Å². The maximum atomic E-state index is 5.89. The standard InChI is InChI=1S/C16H21N3O/c1-5-11-6-7-13(12(10-11)16(2,3)4)20-14-8-9-18-15(17)19-14/h6-10H,5H2,1-4H3,(H2,17,18,19). The van der Waals surface area contributed by atoms with Gasteiger partial charge in [0.15, 0.2) is 0 Å². The highest BCUT2D eigenvalue weighted by molar-refractivity contribution is 5.43. The Morgan fingerprint density at radius 2 is 1.95 bits per heavy atom. The first-order chi connectivity index (χ1) is 9.40. The maximum Gasteiger partial charge on any atom is 0.224 e. The van der Waals surface area contributed by atoms with E-state index in [1.54, 1.807) is 12.3 Å². The van der Waals surface area contributed by atoms with Crippen molar-refractivity contribution in [2.75, 3.05) is 5.73 Å². The Bertz CT molecular complexity index is 603. The zero-order valence-electron chi connectivity index (χ0n) is 12.5. The van der Waals surface area contributed by atoms with Gasteiger partial charge in [-0.05, 0) is 23.5 Å². The number of aryl methyl sites for hydroxylation is 1. The van der Waals surface area contributed by atoms with E-state index in [4.69, 9.17) is 10.5 Å². The number of nitrogens with zero attached hydrogens (tertiary/aromatic N) is 2. The third-order valence-corrected chi connectivity index (χ3v) is 3.12. The fourth-order valence-corrected chi connectivity index (χ4v) is 2.00. The summed E-state index contributed by atoms with van der Waals surface area (Å²) < 4.78 is 5.89. The molecule has 2 aromatic rings. The van der Waals surface area contributed by atoms with E-state index in [1.165, 1.54) is 5.56 Å². The molecule has 0 fully saturated rings. The average molecular weight is 271 g/mol. The van der Waals surface area contributed by atoms with Crippen LogP contribution in [0.5, 0.6) is 11.6 Å². The van der Waals surface area contributed by atoms with Gasteiger partial charge < -0.3 is 10.5 Å². The molecule has 0 aliphatic rings. The van der Waals surface area contributed by atoms with E-state index < -0.39 is 0 Å². The fourth-order valence-electron chi connectivity index (χ4n) is 2.00. The minimum absolute atomic E-state index is 0.000904. The molecule has 0 aliphatic carbocycles. The summed E-state index contributed by atoms with van der Waals surface area (Å²) in [4.78, 5) is 7.95. The summed E-state index contributed by atoms with van der Waals surface area (Å²) >= 11 is 0. The van der Waals surface area contributed by atoms with E-state index in [9.17, 15) is 0 Å². The van der Waals surface area contributed by atoms with Crippen molar-refractivity contribution in [2.24, 2.45) is 0 Å². The molecule has 0 saturated heterocycles. The van der Waals surface area contributed by atoms with Gasteiger partial charge in [0, 0.05) is 17.8 Å². The summed E-state index contributed by atoms with van der Waals surface area (Å²) in [7, 11) is 0. The third-order valence-electron chi connectivity index (χ3n) is 3.12. The zero-order valence-corrected chi connectivity index (χ0v) is 12.5. The van der Waals surface area contributed by atoms with Crippen molar-refractivity contribution >= 4 is 5.95 Å². The molecule has 0 spiro atoms. The van der Waals surface area contributed by atoms with Crippen LogP contribution in [-0.2, 0) is 11.8 Å². The molecular formula is C16H21N3O. The predicted molar refractivity (Wildman–Crippen MR) is 81.0 cm³/mol. The topological polar surface area (TPSA) is 61.0 Å². The number of nitrogen functional groups attached to an aromatic ring is 1. The molecule has 20 heavy (non-hydrogen) atoms. The minimum Gasteiger partial charge on any atom is -0.439 e. The number of benzene rings is 1. The van der Waals surface area contributed by atoms with E-state index in [0.717, 1.165) is 17.7 Å². The van der Waals surface area contributed by atoms with Crippen molar-refractivity contribution in [3.05, 3.63) is 41.6 Å². The van der Waals surface area contributed by atoms with Gasteiger partial charge >= 0.3 is 0 Å². The van der Waals surface area contributed by atoms with Crippen LogP contribution in [0.4, 0.5) is 5.95 Å². The minimum atomic E-state index is -0.000904. The van der Waals surface area contributed by atoms with Crippen LogP contribution in [0.25, 0.3) is 0 Å². The van der Waals surface area contributed by atoms with E-state index in [1.807, 2.05) is 6.07 Å². The molecule has 1 aromatic heterocycles. The summed E-state index contributed by atoms with van der Waals surface area (Å²) in [6.07, 6.45) is 2.60. The van der Waals surface area contributed by atoms with Crippen LogP contribution in [0, 0.1) is 0 Å². The van der Waals surface area contributed by atoms with E-state index >= 15 is 0 Å². The predicted octanol–water partition coefficient (Wildman–Crippen LogP) is 3.71. The maximum absolute atomic E-state index is 5.89. The van der Waals surface area contributed by atoms with Gasteiger partial charge in [-0.25, -0.2) is 4.98 Å². The van der Waals surface area contributed by atoms with E-state index in [2.05, 4.69) is 49.8 Å². The first kappa shape index (κ1) is 14.3. The van der Waals surface area contributed by atoms with Gasteiger partial charge in [0.25, 0.3) is 0 Å². The van der Waals surface area contributed by atoms with Crippen LogP contribution in [0.1, 0.15) is 38.8 Å². The fraction of sp³-hybridized carbons (Fsp3) is 0.375. The van der Waals surface area contributed by atoms with Crippen molar-refractivity contribution in [2.45, 2.75) is 39.5 Å². The summed E-state index contributed by atoms with van der Waals surface area (Å²) in [6, 6.07) is 7.98. The van der Waals surface area contributed by atoms with Crippen LogP contribution < -0.4 is 10.5 Å². The Morgan fingerprint density at radius 3 is 2.55 bits per heavy atom. The van der Waals surface area contributed by atoms with Gasteiger partial charge in [-0.2, -0.15) is 4.98 Å². The van der Waals surface area contributed by atoms with Crippen LogP contribution in [0.15, 0.2) is 30.5 Å². The quantitative estimate of drug-likeness (QED) is 0.924. The van der Waals surface area contributed by atoms with Gasteiger partial charge in [0.05, 0.1) is 0 Å². The molecule has 0 amide bonds. The van der Waals surface area contributed by atoms with Crippen molar-refractivity contribution < 1.29 is 4.74 Å². The van der Waals surface area contributed by atoms with Crippen LogP contribution >= 0.6 is 0 Å². The molecule has 0 radical (unpaired) electrons. The van der Waals surface area contributed by atoms with Gasteiger partial charge in [-0.3, -0.25) is 0 Å². The summed E-state index contributed by atoms with van der Waals surface area (Å²) in [6.45, 7) is 8.66. The summed E-state index contributed by atoms with van der Waals surface area (Å²) in [5.41, 5.74) is 8.04. The Morgan fingerprint density at radius 1 is 1.20 bits per heavy atom. The Kier molecular flexibility index (Phi) is 3.93. The van der Waals surface area contributed by atoms with Crippen molar-refractivity contribution in [1.82, 2.24) is 9.97 Å². The first-order valence-corrected chi connectivity index (χ1v) is 6.80. The molecule has 1 aromatic carbocycles. The van der Waals surface area contributed by atoms with Crippen molar-refractivity contribution in [3.8, 4) is 11.6 Å². The molecule has 2 rings (SSSR count). The van der Waals surface area contributed by atoms with E-state index in [0.29, 0.717) is 5.88 Å². The van der Waals surface area contributed by atoms with Gasteiger partial charge in [-0.1, -0.05) is 39.8 Å². The highest BCUT2D eigenvalue weighted by Gasteiger charge is 2.20. The Labute approximate surface area is 120 Å². The molecule has 0 unspecified atom stereocenters. The number of nitrogens with two attached hydrogens (primary N) is 1. The lowest BCUT2D eigenvalue weighted by Crippen LogP contribution is -2.13. The summed E-state index contributed by atoms with van der Waals surface area (Å²) in [5.74, 6) is 1.49. The first-order valence-electron chi connectivity index (χ1n) is 6.80. The van der Waals surface area contributed by atoms with Gasteiger partial charge in [0.2, 0.25) is 11.8 Å². The van der Waals surface area contributed by atoms with Crippen LogP contribution in [-0.4, -0.2) is 9.97 Å². The van der Waals surface area contributed by atoms with Crippen molar-refractivity contribution in [1.29, 1.82) is 0 Å². The molecule has 2 N–H and O–H groups in total. The summed E-state index contributed by atoms with van der Waals surface area (Å²) in [5, 5.41) is 0. The third kappa shape index (κ3) is 3.26. The SMILES string of the molecule is CCc1ccc(Oc2ccnc(N)n2)c(C(C)(C)C)c1. The average Bonchev–Trinajstić information content (AvgIpc) is 2.38. The second-order valence-corrected chi connectivity index (χ2v) is 5.79. The number of hydrogen-bond acceptors (Lipinski definition) is 4. The number of rotatable bonds is 3. The van der Waals surface area contributed by atoms with Gasteiger partial charge in [-0.15, -0.1) is 0 Å². The zero-order chi connectivity index (χ0) is 14.8. The molecule has 106 valence electrons. The molecule has 0 bridgehead atoms. The molecule has 4 heteroatoms. The number of ether oxygens (including phenoxy) is 1. The molecule has 4 nitrogen and oxygen atoms in total. The monoisotopic (exact) mass is 271 g/mol. The van der Waals surface area contributed by atoms with Crippen molar-refractivity contribution in [3.63, 3.8) is 0 Å². The molecule has 1 heterocycles. The lowest BCUT2D eigenvalue weighted by molar-refractivity contribution is 0.439. The van der Waals surface area contributed by atoms with Crippen LogP contribution in [0.3, 0.4) is 0 Å². The van der Waals surface area contributed by atoms with Crippen LogP contribution in [0.2, 0.25) is 0 Å². The molecule has 0 atom stereocenters. The molecule has 0 saturated carbocycles. The molecule has 0 aliphatic heterocycles. The normalized spacial score (nSPS) is 11.4. The molecular weight excluding hydrogens is 250 g/mol. The number of hydrogen-bond donors (Lipinski definition) is 1.